The van der Waals surface area contributed by atoms with Crippen LogP contribution in [0.1, 0.15) is 17.9 Å². The largest absolute Gasteiger partial charge is 0.321 e. The fraction of sp³-hybridized carbons (Fsp3) is 0.421. The summed E-state index contributed by atoms with van der Waals surface area (Å²) < 4.78 is 0. The molecule has 2 fully saturated rings. The summed E-state index contributed by atoms with van der Waals surface area (Å²) in [5.74, 6) is -0.416. The van der Waals surface area contributed by atoms with Gasteiger partial charge in [0.1, 0.15) is 5.41 Å². The van der Waals surface area contributed by atoms with Crippen LogP contribution >= 0.6 is 0 Å². The Hall–Kier alpha value is -2.65. The normalized spacial score (nSPS) is 38.3. The lowest BCUT2D eigenvalue weighted by Gasteiger charge is -2.48. The second-order valence-corrected chi connectivity index (χ2v) is 7.01. The zero-order chi connectivity index (χ0) is 17.0. The monoisotopic (exact) mass is 315 g/mol. The quantitative estimate of drug-likeness (QED) is 0.765. The van der Waals surface area contributed by atoms with Gasteiger partial charge in [-0.25, -0.2) is 0 Å². The molecule has 0 amide bonds. The molecule has 0 bridgehead atoms. The van der Waals surface area contributed by atoms with Gasteiger partial charge < -0.3 is 11.1 Å². The minimum atomic E-state index is -1.41. The SMILES string of the molecule is N#CC12CC1(N)C(C#N)(C#N)C(c1ccccc1)C1CNCC=C12. The van der Waals surface area contributed by atoms with Crippen molar-refractivity contribution in [2.24, 2.45) is 22.5 Å². The summed E-state index contributed by atoms with van der Waals surface area (Å²) in [6.45, 7) is 1.34. The molecule has 1 aromatic rings. The van der Waals surface area contributed by atoms with Crippen molar-refractivity contribution in [2.45, 2.75) is 17.9 Å². The zero-order valence-corrected chi connectivity index (χ0v) is 13.2. The van der Waals surface area contributed by atoms with Crippen molar-refractivity contribution < 1.29 is 0 Å². The third kappa shape index (κ3) is 1.44. The van der Waals surface area contributed by atoms with Crippen LogP contribution in [0.4, 0.5) is 0 Å². The number of hydrogen-bond acceptors (Lipinski definition) is 5. The zero-order valence-electron chi connectivity index (χ0n) is 13.2. The molecule has 118 valence electrons. The van der Waals surface area contributed by atoms with E-state index < -0.39 is 16.4 Å². The summed E-state index contributed by atoms with van der Waals surface area (Å²) in [7, 11) is 0. The van der Waals surface area contributed by atoms with E-state index in [-0.39, 0.29) is 11.8 Å². The number of benzene rings is 1. The van der Waals surface area contributed by atoms with Gasteiger partial charge >= 0.3 is 0 Å². The Morgan fingerprint density at radius 2 is 1.79 bits per heavy atom. The van der Waals surface area contributed by atoms with E-state index in [0.717, 1.165) is 11.1 Å². The van der Waals surface area contributed by atoms with Gasteiger partial charge in [0, 0.05) is 24.9 Å². The molecule has 4 rings (SSSR count). The minimum Gasteiger partial charge on any atom is -0.321 e. The lowest BCUT2D eigenvalue weighted by atomic mass is 9.53. The van der Waals surface area contributed by atoms with Gasteiger partial charge in [0.25, 0.3) is 0 Å². The van der Waals surface area contributed by atoms with Crippen LogP contribution in [-0.4, -0.2) is 18.6 Å². The van der Waals surface area contributed by atoms with Crippen LogP contribution in [0.5, 0.6) is 0 Å². The Kier molecular flexibility index (Phi) is 2.91. The van der Waals surface area contributed by atoms with Crippen LogP contribution in [0.2, 0.25) is 0 Å². The first-order valence-electron chi connectivity index (χ1n) is 8.09. The van der Waals surface area contributed by atoms with E-state index in [2.05, 4.69) is 23.5 Å². The van der Waals surface area contributed by atoms with E-state index in [1.54, 1.807) is 0 Å². The summed E-state index contributed by atoms with van der Waals surface area (Å²) in [6.07, 6.45) is 2.42. The summed E-state index contributed by atoms with van der Waals surface area (Å²) in [5.41, 5.74) is 5.15. The Morgan fingerprint density at radius 1 is 1.08 bits per heavy atom. The first kappa shape index (κ1) is 14.9. The van der Waals surface area contributed by atoms with Crippen molar-refractivity contribution >= 4 is 0 Å². The molecule has 1 aromatic carbocycles. The van der Waals surface area contributed by atoms with E-state index in [0.29, 0.717) is 19.5 Å². The summed E-state index contributed by atoms with van der Waals surface area (Å²) in [4.78, 5) is 0. The van der Waals surface area contributed by atoms with Gasteiger partial charge in [0.05, 0.1) is 23.7 Å². The molecule has 1 aliphatic heterocycles. The van der Waals surface area contributed by atoms with Gasteiger partial charge in [-0.2, -0.15) is 15.8 Å². The maximum atomic E-state index is 10.0. The lowest BCUT2D eigenvalue weighted by Crippen LogP contribution is -2.58. The molecule has 2 saturated carbocycles. The fourth-order valence-corrected chi connectivity index (χ4v) is 4.97. The molecule has 1 heterocycles. The Balaban J connectivity index is 2.00. The Bertz CT molecular complexity index is 838. The first-order valence-corrected chi connectivity index (χ1v) is 8.09. The van der Waals surface area contributed by atoms with Crippen LogP contribution in [-0.2, 0) is 0 Å². The maximum Gasteiger partial charge on any atom is 0.170 e. The highest BCUT2D eigenvalue weighted by Crippen LogP contribution is 2.75. The second-order valence-electron chi connectivity index (χ2n) is 7.01. The van der Waals surface area contributed by atoms with E-state index in [4.69, 9.17) is 5.73 Å². The maximum absolute atomic E-state index is 10.0. The summed E-state index contributed by atoms with van der Waals surface area (Å²) >= 11 is 0. The highest BCUT2D eigenvalue weighted by molar-refractivity contribution is 5.59. The van der Waals surface area contributed by atoms with Gasteiger partial charge in [-0.15, -0.1) is 0 Å². The molecule has 5 nitrogen and oxygen atoms in total. The number of nitrogens with zero attached hydrogens (tertiary/aromatic N) is 3. The number of fused-ring (bicyclic) bond motifs is 3. The topological polar surface area (TPSA) is 109 Å². The van der Waals surface area contributed by atoms with Gasteiger partial charge in [-0.05, 0) is 17.6 Å². The van der Waals surface area contributed by atoms with Crippen molar-refractivity contribution in [3.8, 4) is 18.2 Å². The van der Waals surface area contributed by atoms with Crippen LogP contribution in [0.3, 0.4) is 0 Å². The van der Waals surface area contributed by atoms with Crippen LogP contribution < -0.4 is 11.1 Å². The fourth-order valence-electron chi connectivity index (χ4n) is 4.97. The van der Waals surface area contributed by atoms with E-state index in [1.165, 1.54) is 0 Å². The number of nitrogens with two attached hydrogens (primary N) is 1. The van der Waals surface area contributed by atoms with E-state index >= 15 is 0 Å². The number of rotatable bonds is 1. The van der Waals surface area contributed by atoms with Crippen molar-refractivity contribution in [3.05, 3.63) is 47.5 Å². The third-order valence-corrected chi connectivity index (χ3v) is 6.18. The molecular formula is C19H17N5. The molecule has 0 aromatic heterocycles. The van der Waals surface area contributed by atoms with Crippen LogP contribution in [0.15, 0.2) is 42.0 Å². The van der Waals surface area contributed by atoms with Gasteiger partial charge in [-0.3, -0.25) is 0 Å². The van der Waals surface area contributed by atoms with Gasteiger partial charge in [0.2, 0.25) is 0 Å². The Labute approximate surface area is 141 Å². The number of nitrogens with one attached hydrogen (secondary N) is 1. The van der Waals surface area contributed by atoms with Crippen molar-refractivity contribution in [1.29, 1.82) is 15.8 Å². The standard InChI is InChI=1S/C19H17N5/c20-10-17-9-19(17,23)18(11-21,12-22)16(13-4-2-1-3-5-13)14-8-24-7-6-15(14)17/h1-6,14,16,24H,7-9,23H2. The number of nitriles is 3. The molecule has 3 aliphatic rings. The molecule has 0 radical (unpaired) electrons. The average molecular weight is 315 g/mol. The second kappa shape index (κ2) is 4.68. The molecule has 24 heavy (non-hydrogen) atoms. The van der Waals surface area contributed by atoms with Gasteiger partial charge in [-0.1, -0.05) is 36.4 Å². The molecule has 5 heteroatoms. The number of hydrogen-bond donors (Lipinski definition) is 2. The highest BCUT2D eigenvalue weighted by atomic mass is 15.0. The molecule has 0 saturated heterocycles. The van der Waals surface area contributed by atoms with Crippen LogP contribution in [0.25, 0.3) is 0 Å². The summed E-state index contributed by atoms with van der Waals surface area (Å²) in [6, 6.07) is 16.5. The average Bonchev–Trinajstić information content (AvgIpc) is 3.29. The van der Waals surface area contributed by atoms with Crippen molar-refractivity contribution in [2.75, 3.05) is 13.1 Å². The molecular weight excluding hydrogens is 298 g/mol. The summed E-state index contributed by atoms with van der Waals surface area (Å²) in [5, 5.41) is 33.3. The van der Waals surface area contributed by atoms with Crippen molar-refractivity contribution in [1.82, 2.24) is 5.32 Å². The Morgan fingerprint density at radius 3 is 2.42 bits per heavy atom. The molecule has 2 aliphatic carbocycles. The molecule has 4 unspecified atom stereocenters. The van der Waals surface area contributed by atoms with E-state index in [9.17, 15) is 15.8 Å². The predicted molar refractivity (Wildman–Crippen MR) is 86.9 cm³/mol. The third-order valence-electron chi connectivity index (χ3n) is 6.18. The van der Waals surface area contributed by atoms with Crippen LogP contribution in [0, 0.1) is 50.7 Å². The minimum absolute atomic E-state index is 0.0701. The van der Waals surface area contributed by atoms with Crippen molar-refractivity contribution in [3.63, 3.8) is 0 Å². The predicted octanol–water partition coefficient (Wildman–Crippen LogP) is 1.57. The smallest absolute Gasteiger partial charge is 0.170 e. The molecule has 3 N–H and O–H groups in total. The molecule has 0 spiro atoms. The highest BCUT2D eigenvalue weighted by Gasteiger charge is 2.83. The lowest BCUT2D eigenvalue weighted by molar-refractivity contribution is 0.187. The van der Waals surface area contributed by atoms with Gasteiger partial charge in [0.15, 0.2) is 5.41 Å². The first-order chi connectivity index (χ1) is 11.6. The molecule has 4 atom stereocenters. The van der Waals surface area contributed by atoms with E-state index in [1.807, 2.05) is 36.4 Å².